The first-order chi connectivity index (χ1) is 9.83. The molecule has 0 radical (unpaired) electrons. The van der Waals surface area contributed by atoms with E-state index in [1.807, 2.05) is 13.8 Å². The molecule has 6 nitrogen and oxygen atoms in total. The van der Waals surface area contributed by atoms with Gasteiger partial charge < -0.3 is 10.1 Å². The molecule has 1 unspecified atom stereocenters. The Hall–Kier alpha value is -1.34. The number of hydrogen-bond donors (Lipinski definition) is 3. The second kappa shape index (κ2) is 6.19. The van der Waals surface area contributed by atoms with Crippen LogP contribution in [-0.4, -0.2) is 38.4 Å². The van der Waals surface area contributed by atoms with E-state index in [0.29, 0.717) is 16.6 Å². The van der Waals surface area contributed by atoms with E-state index in [9.17, 15) is 14.7 Å². The van der Waals surface area contributed by atoms with Gasteiger partial charge >= 0.3 is 5.97 Å². The average Bonchev–Trinajstić information content (AvgIpc) is 3.16. The number of carboxylic acid groups (broad SMARTS) is 1. The molecule has 1 aliphatic rings. The van der Waals surface area contributed by atoms with Gasteiger partial charge in [0.15, 0.2) is 5.16 Å². The minimum absolute atomic E-state index is 0.0758. The maximum atomic E-state index is 11.8. The van der Waals surface area contributed by atoms with Gasteiger partial charge in [0.1, 0.15) is 5.54 Å². The first-order valence-corrected chi connectivity index (χ1v) is 8.04. The van der Waals surface area contributed by atoms with Crippen molar-refractivity contribution < 1.29 is 9.90 Å². The van der Waals surface area contributed by atoms with Gasteiger partial charge in [-0.15, -0.1) is 0 Å². The van der Waals surface area contributed by atoms with Crippen LogP contribution < -0.4 is 10.9 Å². The van der Waals surface area contributed by atoms with E-state index in [2.05, 4.69) is 15.3 Å². The fraction of sp³-hybridized carbons (Fsp3) is 0.643. The lowest BCUT2D eigenvalue weighted by Gasteiger charge is -2.32. The van der Waals surface area contributed by atoms with Crippen molar-refractivity contribution in [2.75, 3.05) is 5.75 Å². The number of aromatic amines is 1. The van der Waals surface area contributed by atoms with Gasteiger partial charge in [-0.05, 0) is 39.5 Å². The molecule has 1 fully saturated rings. The van der Waals surface area contributed by atoms with Gasteiger partial charge in [-0.25, -0.2) is 4.98 Å². The largest absolute Gasteiger partial charge is 0.480 e. The molecule has 2 rings (SSSR count). The number of rotatable bonds is 7. The molecule has 3 N–H and O–H groups in total. The summed E-state index contributed by atoms with van der Waals surface area (Å²) in [5, 5.41) is 13.4. The summed E-state index contributed by atoms with van der Waals surface area (Å²) in [6.07, 6.45) is 1.84. The summed E-state index contributed by atoms with van der Waals surface area (Å²) in [6, 6.07) is 1.49. The quantitative estimate of drug-likeness (QED) is 0.520. The Kier molecular flexibility index (Phi) is 4.73. The van der Waals surface area contributed by atoms with E-state index in [4.69, 9.17) is 0 Å². The van der Waals surface area contributed by atoms with Crippen LogP contribution in [0.3, 0.4) is 0 Å². The van der Waals surface area contributed by atoms with Gasteiger partial charge in [-0.1, -0.05) is 11.8 Å². The van der Waals surface area contributed by atoms with Gasteiger partial charge in [0.05, 0.1) is 0 Å². The Morgan fingerprint density at radius 3 is 2.76 bits per heavy atom. The van der Waals surface area contributed by atoms with Crippen molar-refractivity contribution in [3.05, 3.63) is 22.1 Å². The molecule has 0 aromatic carbocycles. The summed E-state index contributed by atoms with van der Waals surface area (Å²) >= 11 is 1.28. The van der Waals surface area contributed by atoms with Crippen LogP contribution in [0.5, 0.6) is 0 Å². The van der Waals surface area contributed by atoms with Crippen LogP contribution in [0.15, 0.2) is 16.0 Å². The second-order valence-electron chi connectivity index (χ2n) is 5.83. The number of thioether (sulfide) groups is 1. The fourth-order valence-corrected chi connectivity index (χ4v) is 3.66. The molecule has 0 spiro atoms. The molecule has 1 heterocycles. The lowest BCUT2D eigenvalue weighted by molar-refractivity contribution is -0.145. The number of nitrogens with zero attached hydrogens (tertiary/aromatic N) is 1. The van der Waals surface area contributed by atoms with Crippen LogP contribution in [0.25, 0.3) is 0 Å². The number of hydrogen-bond acceptors (Lipinski definition) is 5. The predicted octanol–water partition coefficient (Wildman–Crippen LogP) is 1.40. The Morgan fingerprint density at radius 1 is 1.62 bits per heavy atom. The molecule has 7 heteroatoms. The standard InChI is InChI=1S/C14H21N3O3S/c1-8(2)17-14(12(19)20,10-4-5-10)7-21-13-15-9(3)6-11(18)16-13/h6,8,10,17H,4-5,7H2,1-3H3,(H,19,20)(H,15,16,18). The topological polar surface area (TPSA) is 95.1 Å². The summed E-state index contributed by atoms with van der Waals surface area (Å²) in [5.41, 5.74) is -0.541. The summed E-state index contributed by atoms with van der Waals surface area (Å²) in [5.74, 6) is -0.347. The lowest BCUT2D eigenvalue weighted by Crippen LogP contribution is -2.58. The van der Waals surface area contributed by atoms with Crippen molar-refractivity contribution in [3.8, 4) is 0 Å². The molecule has 1 aromatic rings. The van der Waals surface area contributed by atoms with E-state index in [-0.39, 0.29) is 17.5 Å². The maximum absolute atomic E-state index is 11.8. The monoisotopic (exact) mass is 311 g/mol. The molecular formula is C14H21N3O3S. The Balaban J connectivity index is 2.18. The number of aromatic nitrogens is 2. The summed E-state index contributed by atoms with van der Waals surface area (Å²) in [4.78, 5) is 30.2. The molecular weight excluding hydrogens is 290 g/mol. The third-order valence-electron chi connectivity index (χ3n) is 3.49. The molecule has 1 aromatic heterocycles. The van der Waals surface area contributed by atoms with Crippen molar-refractivity contribution in [1.29, 1.82) is 0 Å². The van der Waals surface area contributed by atoms with Crippen molar-refractivity contribution in [1.82, 2.24) is 15.3 Å². The minimum Gasteiger partial charge on any atom is -0.480 e. The van der Waals surface area contributed by atoms with Gasteiger partial charge in [0, 0.05) is 23.6 Å². The number of aryl methyl sites for hydroxylation is 1. The third-order valence-corrected chi connectivity index (χ3v) is 4.55. The smallest absolute Gasteiger partial charge is 0.325 e. The highest BCUT2D eigenvalue weighted by Crippen LogP contribution is 2.42. The van der Waals surface area contributed by atoms with Gasteiger partial charge in [-0.3, -0.25) is 14.9 Å². The lowest BCUT2D eigenvalue weighted by atomic mass is 9.94. The molecule has 1 saturated carbocycles. The van der Waals surface area contributed by atoms with E-state index in [1.165, 1.54) is 17.8 Å². The second-order valence-corrected chi connectivity index (χ2v) is 6.79. The zero-order valence-corrected chi connectivity index (χ0v) is 13.3. The van der Waals surface area contributed by atoms with Crippen LogP contribution in [0, 0.1) is 12.8 Å². The fourth-order valence-electron chi connectivity index (χ4n) is 2.47. The molecule has 116 valence electrons. The average molecular weight is 311 g/mol. The Bertz CT molecular complexity index is 583. The first-order valence-electron chi connectivity index (χ1n) is 7.05. The van der Waals surface area contributed by atoms with Crippen molar-refractivity contribution in [3.63, 3.8) is 0 Å². The van der Waals surface area contributed by atoms with Crippen LogP contribution >= 0.6 is 11.8 Å². The number of aliphatic carboxylic acids is 1. The molecule has 0 aliphatic heterocycles. The van der Waals surface area contributed by atoms with Crippen LogP contribution in [0.2, 0.25) is 0 Å². The van der Waals surface area contributed by atoms with Crippen LogP contribution in [-0.2, 0) is 4.79 Å². The number of H-pyrrole nitrogens is 1. The zero-order valence-electron chi connectivity index (χ0n) is 12.5. The normalized spacial score (nSPS) is 17.7. The van der Waals surface area contributed by atoms with Gasteiger partial charge in [0.2, 0.25) is 0 Å². The summed E-state index contributed by atoms with van der Waals surface area (Å²) in [7, 11) is 0. The number of carbonyl (C=O) groups is 1. The van der Waals surface area contributed by atoms with Gasteiger partial charge in [-0.2, -0.15) is 0 Å². The molecule has 0 bridgehead atoms. The first kappa shape index (κ1) is 16.0. The third kappa shape index (κ3) is 3.85. The highest BCUT2D eigenvalue weighted by atomic mass is 32.2. The molecule has 1 atom stereocenters. The van der Waals surface area contributed by atoms with Crippen molar-refractivity contribution in [2.24, 2.45) is 5.92 Å². The van der Waals surface area contributed by atoms with Gasteiger partial charge in [0.25, 0.3) is 5.56 Å². The van der Waals surface area contributed by atoms with E-state index in [0.717, 1.165) is 12.8 Å². The molecule has 21 heavy (non-hydrogen) atoms. The minimum atomic E-state index is -0.957. The van der Waals surface area contributed by atoms with Crippen LogP contribution in [0.1, 0.15) is 32.4 Å². The zero-order chi connectivity index (χ0) is 15.6. The summed E-state index contributed by atoms with van der Waals surface area (Å²) in [6.45, 7) is 5.63. The highest BCUT2D eigenvalue weighted by Gasteiger charge is 2.51. The Morgan fingerprint density at radius 2 is 2.29 bits per heavy atom. The SMILES string of the molecule is Cc1cc(=O)[nH]c(SCC(NC(C)C)(C(=O)O)C2CC2)n1. The molecule has 1 aliphatic carbocycles. The summed E-state index contributed by atoms with van der Waals surface area (Å²) < 4.78 is 0. The highest BCUT2D eigenvalue weighted by molar-refractivity contribution is 7.99. The van der Waals surface area contributed by atoms with E-state index >= 15 is 0 Å². The van der Waals surface area contributed by atoms with E-state index in [1.54, 1.807) is 6.92 Å². The molecule has 0 saturated heterocycles. The number of carboxylic acids is 1. The number of nitrogens with one attached hydrogen (secondary N) is 2. The van der Waals surface area contributed by atoms with Crippen LogP contribution in [0.4, 0.5) is 0 Å². The Labute approximate surface area is 127 Å². The predicted molar refractivity (Wildman–Crippen MR) is 81.7 cm³/mol. The van der Waals surface area contributed by atoms with Crippen molar-refractivity contribution >= 4 is 17.7 Å². The van der Waals surface area contributed by atoms with Crippen molar-refractivity contribution in [2.45, 2.75) is 50.4 Å². The molecule has 0 amide bonds. The maximum Gasteiger partial charge on any atom is 0.325 e. The van der Waals surface area contributed by atoms with E-state index < -0.39 is 11.5 Å².